The van der Waals surface area contributed by atoms with E-state index in [1.54, 1.807) is 25.1 Å². The maximum Gasteiger partial charge on any atom is 0.338 e. The molecule has 0 bridgehead atoms. The van der Waals surface area contributed by atoms with Crippen molar-refractivity contribution in [3.8, 4) is 6.07 Å². The summed E-state index contributed by atoms with van der Waals surface area (Å²) in [6.45, 7) is 4.65. The Morgan fingerprint density at radius 1 is 1.35 bits per heavy atom. The Morgan fingerprint density at radius 3 is 2.50 bits per heavy atom. The van der Waals surface area contributed by atoms with Gasteiger partial charge < -0.3 is 10.5 Å². The molecule has 104 valence electrons. The minimum atomic E-state index is -0.606. The SMILES string of the molecule is C/C(N)=C(/C#N)C(=O)COC(=O)c1ccc(C)cc1C. The molecule has 1 aromatic carbocycles. The molecule has 0 heterocycles. The van der Waals surface area contributed by atoms with Crippen molar-refractivity contribution in [3.63, 3.8) is 0 Å². The van der Waals surface area contributed by atoms with Crippen molar-refractivity contribution in [1.82, 2.24) is 0 Å². The molecule has 0 amide bonds. The third-order valence-corrected chi connectivity index (χ3v) is 2.72. The van der Waals surface area contributed by atoms with Gasteiger partial charge in [-0.3, -0.25) is 4.79 Å². The molecule has 1 rings (SSSR count). The number of carbonyl (C=O) groups is 2. The molecule has 20 heavy (non-hydrogen) atoms. The standard InChI is InChI=1S/C15H16N2O3/c1-9-4-5-12(10(2)6-9)15(19)20-8-14(18)13(7-16)11(3)17/h4-6H,8,17H2,1-3H3/b13-11+. The molecule has 0 spiro atoms. The number of ketones is 1. The second kappa shape index (κ2) is 6.53. The number of nitriles is 1. The summed E-state index contributed by atoms with van der Waals surface area (Å²) in [7, 11) is 0. The van der Waals surface area contributed by atoms with Crippen LogP contribution in [0.15, 0.2) is 29.5 Å². The smallest absolute Gasteiger partial charge is 0.338 e. The summed E-state index contributed by atoms with van der Waals surface area (Å²) in [6, 6.07) is 6.98. The van der Waals surface area contributed by atoms with E-state index in [-0.39, 0.29) is 11.3 Å². The van der Waals surface area contributed by atoms with Crippen LogP contribution in [0.4, 0.5) is 0 Å². The van der Waals surface area contributed by atoms with Crippen LogP contribution in [-0.4, -0.2) is 18.4 Å². The Balaban J connectivity index is 2.76. The van der Waals surface area contributed by atoms with E-state index in [0.717, 1.165) is 11.1 Å². The van der Waals surface area contributed by atoms with Crippen LogP contribution in [0.2, 0.25) is 0 Å². The highest BCUT2D eigenvalue weighted by Gasteiger charge is 2.16. The van der Waals surface area contributed by atoms with Gasteiger partial charge in [0.2, 0.25) is 5.78 Å². The Hall–Kier alpha value is -2.61. The van der Waals surface area contributed by atoms with Crippen LogP contribution < -0.4 is 5.73 Å². The summed E-state index contributed by atoms with van der Waals surface area (Å²) in [5.41, 5.74) is 7.53. The number of nitrogens with two attached hydrogens (primary N) is 1. The molecule has 0 unspecified atom stereocenters. The lowest BCUT2D eigenvalue weighted by Crippen LogP contribution is -2.18. The van der Waals surface area contributed by atoms with E-state index in [1.165, 1.54) is 6.92 Å². The molecule has 0 saturated carbocycles. The predicted molar refractivity (Wildman–Crippen MR) is 73.7 cm³/mol. The second-order valence-corrected chi connectivity index (χ2v) is 4.49. The average Bonchev–Trinajstić information content (AvgIpc) is 2.36. The molecule has 5 heteroatoms. The van der Waals surface area contributed by atoms with Crippen molar-refractivity contribution in [2.24, 2.45) is 5.73 Å². The molecule has 2 N–H and O–H groups in total. The van der Waals surface area contributed by atoms with E-state index in [0.29, 0.717) is 5.56 Å². The number of nitrogens with zero attached hydrogens (tertiary/aromatic N) is 1. The quantitative estimate of drug-likeness (QED) is 0.512. The molecule has 0 aromatic heterocycles. The number of carbonyl (C=O) groups excluding carboxylic acids is 2. The van der Waals surface area contributed by atoms with Crippen molar-refractivity contribution >= 4 is 11.8 Å². The lowest BCUT2D eigenvalue weighted by molar-refractivity contribution is -0.118. The van der Waals surface area contributed by atoms with Crippen molar-refractivity contribution in [3.05, 3.63) is 46.2 Å². The van der Waals surface area contributed by atoms with E-state index in [1.807, 2.05) is 13.0 Å². The maximum absolute atomic E-state index is 11.9. The Kier molecular flexibility index (Phi) is 5.04. The summed E-state index contributed by atoms with van der Waals surface area (Å²) in [4.78, 5) is 23.5. The molecule has 0 radical (unpaired) electrons. The lowest BCUT2D eigenvalue weighted by atomic mass is 10.1. The van der Waals surface area contributed by atoms with Crippen molar-refractivity contribution in [2.75, 3.05) is 6.61 Å². The van der Waals surface area contributed by atoms with E-state index >= 15 is 0 Å². The van der Waals surface area contributed by atoms with Gasteiger partial charge in [-0.05, 0) is 32.4 Å². The van der Waals surface area contributed by atoms with Gasteiger partial charge in [-0.25, -0.2) is 4.79 Å². The van der Waals surface area contributed by atoms with Crippen LogP contribution in [0.1, 0.15) is 28.4 Å². The van der Waals surface area contributed by atoms with Crippen LogP contribution in [0.25, 0.3) is 0 Å². The second-order valence-electron chi connectivity index (χ2n) is 4.49. The van der Waals surface area contributed by atoms with E-state index in [4.69, 9.17) is 15.7 Å². The Morgan fingerprint density at radius 2 is 2.00 bits per heavy atom. The van der Waals surface area contributed by atoms with Crippen molar-refractivity contribution in [1.29, 1.82) is 5.26 Å². The number of ether oxygens (including phenoxy) is 1. The first-order valence-electron chi connectivity index (χ1n) is 6.00. The molecule has 0 aliphatic heterocycles. The number of allylic oxidation sites excluding steroid dienone is 1. The van der Waals surface area contributed by atoms with Gasteiger partial charge in [0, 0.05) is 5.70 Å². The first-order chi connectivity index (χ1) is 9.36. The molecule has 1 aromatic rings. The Bertz CT molecular complexity index is 620. The fraction of sp³-hybridized carbons (Fsp3) is 0.267. The van der Waals surface area contributed by atoms with Gasteiger partial charge in [-0.15, -0.1) is 0 Å². The van der Waals surface area contributed by atoms with E-state index in [9.17, 15) is 9.59 Å². The molecule has 0 aliphatic carbocycles. The fourth-order valence-electron chi connectivity index (χ4n) is 1.69. The monoisotopic (exact) mass is 272 g/mol. The zero-order valence-electron chi connectivity index (χ0n) is 11.7. The van der Waals surface area contributed by atoms with Gasteiger partial charge in [0.1, 0.15) is 11.6 Å². The molecule has 0 saturated heterocycles. The van der Waals surface area contributed by atoms with Gasteiger partial charge in [-0.2, -0.15) is 5.26 Å². The molecule has 0 fully saturated rings. The minimum Gasteiger partial charge on any atom is -0.454 e. The number of hydrogen-bond donors (Lipinski definition) is 1. The van der Waals surface area contributed by atoms with Gasteiger partial charge in [-0.1, -0.05) is 17.7 Å². The zero-order valence-corrected chi connectivity index (χ0v) is 11.7. The summed E-state index contributed by atoms with van der Waals surface area (Å²) in [5, 5.41) is 8.77. The molecular weight excluding hydrogens is 256 g/mol. The van der Waals surface area contributed by atoms with Crippen LogP contribution in [0, 0.1) is 25.2 Å². The summed E-state index contributed by atoms with van der Waals surface area (Å²) in [5.74, 6) is -1.20. The minimum absolute atomic E-state index is 0.111. The number of rotatable bonds is 4. The number of benzene rings is 1. The van der Waals surface area contributed by atoms with Crippen LogP contribution >= 0.6 is 0 Å². The van der Waals surface area contributed by atoms with Gasteiger partial charge in [0.15, 0.2) is 6.61 Å². The largest absolute Gasteiger partial charge is 0.454 e. The average molecular weight is 272 g/mol. The highest BCUT2D eigenvalue weighted by molar-refractivity contribution is 6.02. The van der Waals surface area contributed by atoms with Crippen LogP contribution in [0.5, 0.6) is 0 Å². The normalized spacial score (nSPS) is 11.3. The van der Waals surface area contributed by atoms with Gasteiger partial charge in [0.05, 0.1) is 5.56 Å². The molecule has 0 aliphatic rings. The lowest BCUT2D eigenvalue weighted by Gasteiger charge is -2.07. The van der Waals surface area contributed by atoms with E-state index in [2.05, 4.69) is 0 Å². The summed E-state index contributed by atoms with van der Waals surface area (Å²) in [6.07, 6.45) is 0. The van der Waals surface area contributed by atoms with Crippen LogP contribution in [0.3, 0.4) is 0 Å². The highest BCUT2D eigenvalue weighted by Crippen LogP contribution is 2.12. The number of esters is 1. The van der Waals surface area contributed by atoms with Gasteiger partial charge >= 0.3 is 5.97 Å². The van der Waals surface area contributed by atoms with E-state index < -0.39 is 18.4 Å². The Labute approximate surface area is 117 Å². The number of Topliss-reactive ketones (excluding diaryl/α,β-unsaturated/α-hetero) is 1. The molecular formula is C15H16N2O3. The predicted octanol–water partition coefficient (Wildman–Crippen LogP) is 1.79. The zero-order chi connectivity index (χ0) is 15.3. The number of hydrogen-bond acceptors (Lipinski definition) is 5. The third kappa shape index (κ3) is 3.69. The summed E-state index contributed by atoms with van der Waals surface area (Å²) >= 11 is 0. The van der Waals surface area contributed by atoms with Crippen LogP contribution in [-0.2, 0) is 9.53 Å². The molecule has 5 nitrogen and oxygen atoms in total. The number of aryl methyl sites for hydroxylation is 2. The first kappa shape index (κ1) is 15.4. The third-order valence-electron chi connectivity index (χ3n) is 2.72. The van der Waals surface area contributed by atoms with Crippen molar-refractivity contribution < 1.29 is 14.3 Å². The first-order valence-corrected chi connectivity index (χ1v) is 6.00. The highest BCUT2D eigenvalue weighted by atomic mass is 16.5. The van der Waals surface area contributed by atoms with Gasteiger partial charge in [0.25, 0.3) is 0 Å². The fourth-order valence-corrected chi connectivity index (χ4v) is 1.69. The molecule has 0 atom stereocenters. The summed E-state index contributed by atoms with van der Waals surface area (Å²) < 4.78 is 4.91. The maximum atomic E-state index is 11.9. The van der Waals surface area contributed by atoms with Crippen molar-refractivity contribution in [2.45, 2.75) is 20.8 Å². The topological polar surface area (TPSA) is 93.2 Å².